The summed E-state index contributed by atoms with van der Waals surface area (Å²) in [6.07, 6.45) is 9.72. The molecule has 3 aromatic rings. The Bertz CT molecular complexity index is 2230. The van der Waals surface area contributed by atoms with E-state index in [0.29, 0.717) is 54.6 Å². The van der Waals surface area contributed by atoms with Gasteiger partial charge in [0, 0.05) is 38.2 Å². The molecule has 1 saturated heterocycles. The molecule has 1 aromatic heterocycles. The van der Waals surface area contributed by atoms with Gasteiger partial charge in [0.2, 0.25) is 23.7 Å². The maximum atomic E-state index is 13.2. The number of hydrogen-bond acceptors (Lipinski definition) is 13. The average Bonchev–Trinajstić information content (AvgIpc) is 3.88. The van der Waals surface area contributed by atoms with Gasteiger partial charge in [0.05, 0.1) is 30.1 Å². The monoisotopic (exact) mass is 837 g/mol. The number of carbonyl (C=O) groups is 7. The lowest BCUT2D eigenvalue weighted by atomic mass is 10.0. The quantitative estimate of drug-likeness (QED) is 0.113. The second-order valence-electron chi connectivity index (χ2n) is 15.5. The molecule has 18 nitrogen and oxygen atoms in total. The third-order valence-corrected chi connectivity index (χ3v) is 11.6. The normalized spacial score (nSPS) is 18.8. The fourth-order valence-electron chi connectivity index (χ4n) is 8.43. The molecule has 4 N–H and O–H groups in total. The van der Waals surface area contributed by atoms with Gasteiger partial charge in [-0.1, -0.05) is 38.7 Å². The van der Waals surface area contributed by atoms with Crippen molar-refractivity contribution in [2.24, 2.45) is 0 Å². The molecule has 0 radical (unpaired) electrons. The number of hydrogen-bond donors (Lipinski definition) is 4. The number of rotatable bonds is 17. The van der Waals surface area contributed by atoms with Gasteiger partial charge in [0.25, 0.3) is 23.6 Å². The molecule has 0 spiro atoms. The lowest BCUT2D eigenvalue weighted by Crippen LogP contribution is -2.55. The number of benzene rings is 2. The SMILES string of the molecule is CC[C@@H]1C(=O)N(C)c2cnc(Nc3ccc(C(=O)NCCCCCCNC(=O)COc4cccc5c4C(=O)N(C4CCC(=O)NC4=O)C5=O)cc3OC)nc2N1C1CCCC1. The zero-order chi connectivity index (χ0) is 43.2. The van der Waals surface area contributed by atoms with E-state index < -0.39 is 35.6 Å². The number of anilines is 4. The number of likely N-dealkylation sites (N-methyl/N-ethyl adjacent to an activating group) is 1. The molecule has 0 bridgehead atoms. The van der Waals surface area contributed by atoms with Crippen molar-refractivity contribution in [3.05, 3.63) is 59.3 Å². The first-order valence-electron chi connectivity index (χ1n) is 20.9. The summed E-state index contributed by atoms with van der Waals surface area (Å²) in [4.78, 5) is 103. The predicted molar refractivity (Wildman–Crippen MR) is 223 cm³/mol. The maximum absolute atomic E-state index is 13.2. The number of methoxy groups -OCH3 is 1. The van der Waals surface area contributed by atoms with Gasteiger partial charge < -0.3 is 35.2 Å². The van der Waals surface area contributed by atoms with Crippen molar-refractivity contribution < 1.29 is 43.0 Å². The van der Waals surface area contributed by atoms with Crippen LogP contribution < -0.4 is 40.5 Å². The number of imide groups is 2. The average molecular weight is 838 g/mol. The van der Waals surface area contributed by atoms with Crippen LogP contribution in [0.15, 0.2) is 42.6 Å². The zero-order valence-corrected chi connectivity index (χ0v) is 34.6. The molecule has 2 fully saturated rings. The van der Waals surface area contributed by atoms with E-state index in [9.17, 15) is 33.6 Å². The molecule has 3 aliphatic heterocycles. The van der Waals surface area contributed by atoms with Crippen molar-refractivity contribution in [2.45, 2.75) is 95.7 Å². The molecule has 2 aromatic carbocycles. The van der Waals surface area contributed by atoms with Crippen molar-refractivity contribution in [1.82, 2.24) is 30.8 Å². The van der Waals surface area contributed by atoms with Crippen LogP contribution in [0, 0.1) is 0 Å². The van der Waals surface area contributed by atoms with Crippen LogP contribution in [0.3, 0.4) is 0 Å². The molecule has 4 aliphatic rings. The molecule has 7 amide bonds. The summed E-state index contributed by atoms with van der Waals surface area (Å²) < 4.78 is 11.3. The Kier molecular flexibility index (Phi) is 13.1. The molecular formula is C43H51N9O9. The number of fused-ring (bicyclic) bond motifs is 2. The summed E-state index contributed by atoms with van der Waals surface area (Å²) in [7, 11) is 3.29. The van der Waals surface area contributed by atoms with Gasteiger partial charge in [0.1, 0.15) is 29.3 Å². The molecule has 61 heavy (non-hydrogen) atoms. The summed E-state index contributed by atoms with van der Waals surface area (Å²) in [6.45, 7) is 2.50. The first kappa shape index (κ1) is 42.5. The fourth-order valence-corrected chi connectivity index (χ4v) is 8.43. The van der Waals surface area contributed by atoms with Crippen molar-refractivity contribution in [1.29, 1.82) is 0 Å². The highest BCUT2D eigenvalue weighted by atomic mass is 16.5. The number of unbranched alkanes of at least 4 members (excludes halogenated alkanes) is 3. The highest BCUT2D eigenvalue weighted by molar-refractivity contribution is 6.24. The fraction of sp³-hybridized carbons (Fsp3) is 0.465. The van der Waals surface area contributed by atoms with E-state index in [0.717, 1.165) is 55.7 Å². The summed E-state index contributed by atoms with van der Waals surface area (Å²) in [5, 5.41) is 11.1. The lowest BCUT2D eigenvalue weighted by molar-refractivity contribution is -0.136. The Morgan fingerprint density at radius 1 is 0.918 bits per heavy atom. The van der Waals surface area contributed by atoms with Crippen LogP contribution in [0.2, 0.25) is 0 Å². The first-order chi connectivity index (χ1) is 29.5. The minimum Gasteiger partial charge on any atom is -0.495 e. The number of ether oxygens (including phenoxy) is 2. The van der Waals surface area contributed by atoms with Crippen LogP contribution in [0.4, 0.5) is 23.1 Å². The van der Waals surface area contributed by atoms with Crippen molar-refractivity contribution >= 4 is 64.5 Å². The lowest BCUT2D eigenvalue weighted by Gasteiger charge is -2.43. The van der Waals surface area contributed by atoms with Crippen LogP contribution in [-0.2, 0) is 19.2 Å². The molecule has 7 rings (SSSR count). The minimum absolute atomic E-state index is 0.00724. The molecule has 1 unspecified atom stereocenters. The molecule has 18 heteroatoms. The maximum Gasteiger partial charge on any atom is 0.266 e. The molecule has 322 valence electrons. The Morgan fingerprint density at radius 2 is 1.67 bits per heavy atom. The summed E-state index contributed by atoms with van der Waals surface area (Å²) in [5.41, 5.74) is 1.74. The summed E-state index contributed by atoms with van der Waals surface area (Å²) in [5.74, 6) is -1.55. The van der Waals surface area contributed by atoms with Crippen molar-refractivity contribution in [3.63, 3.8) is 0 Å². The van der Waals surface area contributed by atoms with E-state index in [1.165, 1.54) is 25.3 Å². The predicted octanol–water partition coefficient (Wildman–Crippen LogP) is 3.62. The first-order valence-corrected chi connectivity index (χ1v) is 20.9. The Morgan fingerprint density at radius 3 is 2.39 bits per heavy atom. The molecule has 2 atom stereocenters. The molecule has 1 aliphatic carbocycles. The standard InChI is InChI=1S/C43H51N9O9/c1-4-29-41(58)50(2)31-23-46-43(49-37(31)51(29)26-12-7-8-13-26)47-28-17-16-25(22-33(28)60-3)38(55)45-21-10-6-5-9-20-44-35(54)24-61-32-15-11-14-27-36(32)42(59)52(40(27)57)30-18-19-34(53)48-39(30)56/h11,14-17,22-23,26,29-30H,4-10,12-13,18-21,24H2,1-3H3,(H,44,54)(H,45,55)(H,46,47,49)(H,48,53,56)/t29-,30?/m1/s1. The number of piperidine rings is 1. The topological polar surface area (TPSA) is 222 Å². The van der Waals surface area contributed by atoms with Gasteiger partial charge in [-0.2, -0.15) is 4.98 Å². The Labute approximate surface area is 353 Å². The van der Waals surface area contributed by atoms with Crippen LogP contribution >= 0.6 is 0 Å². The number of carbonyl (C=O) groups excluding carboxylic acids is 7. The van der Waals surface area contributed by atoms with Gasteiger partial charge in [0.15, 0.2) is 12.4 Å². The smallest absolute Gasteiger partial charge is 0.266 e. The van der Waals surface area contributed by atoms with Crippen LogP contribution in [0.1, 0.15) is 109 Å². The number of nitrogens with one attached hydrogen (secondary N) is 4. The van der Waals surface area contributed by atoms with E-state index in [1.54, 1.807) is 36.3 Å². The van der Waals surface area contributed by atoms with E-state index in [-0.39, 0.29) is 60.2 Å². The third-order valence-electron chi connectivity index (χ3n) is 11.6. The Hall–Kier alpha value is -6.59. The summed E-state index contributed by atoms with van der Waals surface area (Å²) in [6, 6.07) is 8.43. The second kappa shape index (κ2) is 18.8. The molecule has 4 heterocycles. The second-order valence-corrected chi connectivity index (χ2v) is 15.5. The number of nitrogens with zero attached hydrogens (tertiary/aromatic N) is 5. The van der Waals surface area contributed by atoms with E-state index in [2.05, 4.69) is 31.2 Å². The van der Waals surface area contributed by atoms with E-state index >= 15 is 0 Å². The highest BCUT2D eigenvalue weighted by Crippen LogP contribution is 2.40. The van der Waals surface area contributed by atoms with Gasteiger partial charge in [-0.25, -0.2) is 4.98 Å². The van der Waals surface area contributed by atoms with Crippen LogP contribution in [-0.4, -0.2) is 108 Å². The van der Waals surface area contributed by atoms with Gasteiger partial charge >= 0.3 is 0 Å². The largest absolute Gasteiger partial charge is 0.495 e. The van der Waals surface area contributed by atoms with E-state index in [1.807, 2.05) is 6.92 Å². The highest BCUT2D eigenvalue weighted by Gasteiger charge is 2.46. The van der Waals surface area contributed by atoms with Crippen molar-refractivity contribution in [3.8, 4) is 11.5 Å². The minimum atomic E-state index is -1.10. The molecule has 1 saturated carbocycles. The Balaban J connectivity index is 0.828. The van der Waals surface area contributed by atoms with E-state index in [4.69, 9.17) is 14.5 Å². The van der Waals surface area contributed by atoms with Crippen molar-refractivity contribution in [2.75, 3.05) is 49.0 Å². The van der Waals surface area contributed by atoms with Gasteiger partial charge in [-0.15, -0.1) is 0 Å². The number of aromatic nitrogens is 2. The van der Waals surface area contributed by atoms with Gasteiger partial charge in [-0.3, -0.25) is 43.8 Å². The number of amides is 7. The summed E-state index contributed by atoms with van der Waals surface area (Å²) >= 11 is 0. The zero-order valence-electron chi connectivity index (χ0n) is 34.6. The third kappa shape index (κ3) is 8.98. The van der Waals surface area contributed by atoms with Crippen LogP contribution in [0.5, 0.6) is 11.5 Å². The molecular weight excluding hydrogens is 787 g/mol. The van der Waals surface area contributed by atoms with Gasteiger partial charge in [-0.05, 0) is 68.9 Å². The van der Waals surface area contributed by atoms with Crippen LogP contribution in [0.25, 0.3) is 0 Å².